The van der Waals surface area contributed by atoms with Gasteiger partial charge in [0.05, 0.1) is 27.2 Å². The number of piperazine rings is 1. The molecule has 1 saturated carbocycles. The Hall–Kier alpha value is -5.36. The Morgan fingerprint density at radius 3 is 2.43 bits per heavy atom. The standard InChI is InChI=1S/C49H50Cl2FN7O7S/c1-27-38-28(2)42(51)43(41(27)50)65-35(21-58-15-13-57(3)14-16-58)23-63-33-9-10-36(64-22-32-11-12-53-48(56-32)59-24-49(25-59)19-34(20-49)62-4)30(17-33)18-37(47(60)61)66-45-40-39(38)44(67-46(40)55-26-54-45)29-5-7-31(52)8-6-29/h5-12,17,26,34-35,37H,13-16,18-25H2,1-4H3,(H,60,61)/t35-,37-/m1/s1. The normalized spacial score (nSPS) is 19.8. The lowest BCUT2D eigenvalue weighted by Gasteiger charge is -2.58. The second kappa shape index (κ2) is 18.6. The highest BCUT2D eigenvalue weighted by atomic mass is 35.5. The first kappa shape index (κ1) is 45.4. The van der Waals surface area contributed by atoms with Crippen molar-refractivity contribution < 1.29 is 38.0 Å². The molecule has 6 aromatic rings. The summed E-state index contributed by atoms with van der Waals surface area (Å²) in [4.78, 5) is 40.0. The maximum Gasteiger partial charge on any atom is 0.345 e. The van der Waals surface area contributed by atoms with Gasteiger partial charge in [0, 0.05) is 87.0 Å². The summed E-state index contributed by atoms with van der Waals surface area (Å²) in [7, 11) is 3.87. The monoisotopic (exact) mass is 969 g/mol. The number of methoxy groups -OCH3 is 1. The molecular formula is C49H50Cl2FN7O7S. The number of fused-ring (bicyclic) bond motifs is 7. The molecule has 0 amide bonds. The molecule has 67 heavy (non-hydrogen) atoms. The van der Waals surface area contributed by atoms with E-state index in [-0.39, 0.29) is 30.9 Å². The van der Waals surface area contributed by atoms with E-state index in [0.29, 0.717) is 100 Å². The molecule has 350 valence electrons. The molecule has 0 radical (unpaired) electrons. The van der Waals surface area contributed by atoms with Crippen LogP contribution in [0.4, 0.5) is 10.3 Å². The number of likely N-dealkylation sites (N-methyl/N-ethyl adjacent to an activating group) is 1. The van der Waals surface area contributed by atoms with Gasteiger partial charge in [-0.15, -0.1) is 11.3 Å². The number of carboxylic acid groups (broad SMARTS) is 1. The lowest BCUT2D eigenvalue weighted by molar-refractivity contribution is -0.145. The Morgan fingerprint density at radius 2 is 1.72 bits per heavy atom. The fraction of sp³-hybridized carbons (Fsp3) is 0.408. The van der Waals surface area contributed by atoms with Gasteiger partial charge in [0.1, 0.15) is 47.8 Å². The summed E-state index contributed by atoms with van der Waals surface area (Å²) in [6.07, 6.45) is 3.36. The number of thiophene rings is 1. The van der Waals surface area contributed by atoms with Crippen molar-refractivity contribution in [2.75, 3.05) is 71.5 Å². The van der Waals surface area contributed by atoms with Gasteiger partial charge < -0.3 is 38.6 Å². The van der Waals surface area contributed by atoms with E-state index in [1.54, 1.807) is 43.6 Å². The van der Waals surface area contributed by atoms with E-state index in [1.165, 1.54) is 29.8 Å². The number of ether oxygens (including phenoxy) is 5. The average molecular weight is 971 g/mol. The average Bonchev–Trinajstić information content (AvgIpc) is 3.68. The molecule has 2 saturated heterocycles. The Labute approximate surface area is 401 Å². The first-order valence-electron chi connectivity index (χ1n) is 22.3. The van der Waals surface area contributed by atoms with Crippen LogP contribution in [0.1, 0.15) is 35.2 Å². The van der Waals surface area contributed by atoms with Crippen LogP contribution in [-0.2, 0) is 22.6 Å². The molecule has 2 atom stereocenters. The molecule has 3 aromatic heterocycles. The van der Waals surface area contributed by atoms with Crippen LogP contribution >= 0.6 is 34.5 Å². The molecule has 7 heterocycles. The molecule has 0 unspecified atom stereocenters. The van der Waals surface area contributed by atoms with Crippen molar-refractivity contribution in [1.82, 2.24) is 29.7 Å². The van der Waals surface area contributed by atoms with Crippen LogP contribution in [0.5, 0.6) is 23.1 Å². The zero-order valence-electron chi connectivity index (χ0n) is 37.6. The summed E-state index contributed by atoms with van der Waals surface area (Å²) in [6, 6.07) is 13.3. The highest BCUT2D eigenvalue weighted by Gasteiger charge is 2.53. The zero-order valence-corrected chi connectivity index (χ0v) is 39.9. The number of benzene rings is 3. The summed E-state index contributed by atoms with van der Waals surface area (Å²) in [5, 5.41) is 11.9. The maximum atomic E-state index is 14.4. The van der Waals surface area contributed by atoms with Crippen LogP contribution in [0, 0.1) is 25.1 Å². The Morgan fingerprint density at radius 1 is 0.970 bits per heavy atom. The lowest BCUT2D eigenvalue weighted by Crippen LogP contribution is -2.64. The van der Waals surface area contributed by atoms with E-state index < -0.39 is 24.0 Å². The maximum absolute atomic E-state index is 14.4. The third kappa shape index (κ3) is 9.07. The summed E-state index contributed by atoms with van der Waals surface area (Å²) in [5.41, 5.74) is 4.76. The fourth-order valence-corrected chi connectivity index (χ4v) is 11.4. The Bertz CT molecular complexity index is 2800. The second-order valence-corrected chi connectivity index (χ2v) is 19.8. The first-order valence-corrected chi connectivity index (χ1v) is 23.9. The van der Waals surface area contributed by atoms with Crippen LogP contribution < -0.4 is 23.8 Å². The van der Waals surface area contributed by atoms with Crippen molar-refractivity contribution >= 4 is 56.7 Å². The molecular weight excluding hydrogens is 921 g/mol. The van der Waals surface area contributed by atoms with Gasteiger partial charge in [-0.05, 0) is 92.4 Å². The van der Waals surface area contributed by atoms with Crippen LogP contribution in [0.15, 0.2) is 61.1 Å². The molecule has 5 aliphatic rings. The van der Waals surface area contributed by atoms with Gasteiger partial charge in [-0.2, -0.15) is 0 Å². The van der Waals surface area contributed by atoms with Crippen molar-refractivity contribution in [3.8, 4) is 44.7 Å². The van der Waals surface area contributed by atoms with Gasteiger partial charge >= 0.3 is 5.97 Å². The number of carbonyl (C=O) groups is 1. The SMILES string of the molecule is COC1CC2(C1)CN(c1nccc(COc3ccc4cc3C[C@H](C(=O)O)Oc3ncnc5sc(-c6ccc(F)cc6)c(c35)-c3c(C)c(Cl)c(c(Cl)c3C)O[C@H](CN3CCN(C)CC3)CO4)n1)C2. The van der Waals surface area contributed by atoms with Crippen LogP contribution in [0.3, 0.4) is 0 Å². The van der Waals surface area contributed by atoms with Gasteiger partial charge in [-0.3, -0.25) is 4.90 Å². The number of aromatic nitrogens is 4. The number of aliphatic carboxylic acids is 1. The molecule has 3 aromatic carbocycles. The third-order valence-electron chi connectivity index (χ3n) is 13.4. The molecule has 1 aliphatic carbocycles. The molecule has 3 fully saturated rings. The minimum atomic E-state index is -1.45. The first-order chi connectivity index (χ1) is 32.3. The number of anilines is 1. The number of rotatable bonds is 9. The van der Waals surface area contributed by atoms with Crippen molar-refractivity contribution in [3.63, 3.8) is 0 Å². The number of halogens is 3. The van der Waals surface area contributed by atoms with Gasteiger partial charge in [0.2, 0.25) is 17.9 Å². The van der Waals surface area contributed by atoms with Crippen molar-refractivity contribution in [2.24, 2.45) is 5.41 Å². The highest BCUT2D eigenvalue weighted by molar-refractivity contribution is 7.22. The van der Waals surface area contributed by atoms with Crippen molar-refractivity contribution in [1.29, 1.82) is 0 Å². The lowest BCUT2D eigenvalue weighted by atomic mass is 9.62. The van der Waals surface area contributed by atoms with Crippen LogP contribution in [-0.4, -0.2) is 126 Å². The Kier molecular flexibility index (Phi) is 12.6. The summed E-state index contributed by atoms with van der Waals surface area (Å²) >= 11 is 16.0. The molecule has 18 heteroatoms. The quantitative estimate of drug-likeness (QED) is 0.148. The summed E-state index contributed by atoms with van der Waals surface area (Å²) in [6.45, 7) is 9.76. The fourth-order valence-electron chi connectivity index (χ4n) is 9.72. The van der Waals surface area contributed by atoms with Crippen molar-refractivity contribution in [3.05, 3.63) is 99.3 Å². The van der Waals surface area contributed by atoms with E-state index in [1.807, 2.05) is 19.9 Å². The predicted octanol–water partition coefficient (Wildman–Crippen LogP) is 8.53. The van der Waals surface area contributed by atoms with Gasteiger partial charge in [0.25, 0.3) is 0 Å². The van der Waals surface area contributed by atoms with E-state index in [4.69, 9.17) is 51.9 Å². The van der Waals surface area contributed by atoms with Gasteiger partial charge in [-0.25, -0.2) is 29.1 Å². The minimum absolute atomic E-state index is 0.0377. The van der Waals surface area contributed by atoms with E-state index >= 15 is 0 Å². The number of hydrogen-bond donors (Lipinski definition) is 1. The van der Waals surface area contributed by atoms with Crippen LogP contribution in [0.25, 0.3) is 31.8 Å². The number of hydrogen-bond acceptors (Lipinski definition) is 14. The molecule has 1 spiro atoms. The van der Waals surface area contributed by atoms with Crippen LogP contribution in [0.2, 0.25) is 10.0 Å². The molecule has 4 aliphatic heterocycles. The number of nitrogens with zero attached hydrogens (tertiary/aromatic N) is 7. The van der Waals surface area contributed by atoms with Gasteiger partial charge in [-0.1, -0.05) is 35.3 Å². The molecule has 11 rings (SSSR count). The topological polar surface area (TPSA) is 145 Å². The smallest absolute Gasteiger partial charge is 0.345 e. The number of carboxylic acids is 1. The van der Waals surface area contributed by atoms with E-state index in [2.05, 4.69) is 36.7 Å². The molecule has 14 nitrogen and oxygen atoms in total. The zero-order chi connectivity index (χ0) is 46.6. The summed E-state index contributed by atoms with van der Waals surface area (Å²) < 4.78 is 46.2. The molecule has 1 N–H and O–H groups in total. The minimum Gasteiger partial charge on any atom is -0.490 e. The largest absolute Gasteiger partial charge is 0.490 e. The van der Waals surface area contributed by atoms with E-state index in [9.17, 15) is 14.3 Å². The second-order valence-electron chi connectivity index (χ2n) is 18.1. The van der Waals surface area contributed by atoms with E-state index in [0.717, 1.165) is 52.1 Å². The third-order valence-corrected chi connectivity index (χ3v) is 15.5. The summed E-state index contributed by atoms with van der Waals surface area (Å²) in [5.74, 6) is 0.285. The highest BCUT2D eigenvalue weighted by Crippen LogP contribution is 2.53. The molecule has 4 bridgehead atoms. The van der Waals surface area contributed by atoms with Crippen molar-refractivity contribution in [2.45, 2.75) is 58.0 Å². The van der Waals surface area contributed by atoms with Gasteiger partial charge in [0.15, 0.2) is 5.75 Å². The Balaban J connectivity index is 1.04. The predicted molar refractivity (Wildman–Crippen MR) is 255 cm³/mol.